The van der Waals surface area contributed by atoms with Gasteiger partial charge in [-0.3, -0.25) is 4.98 Å². The quantitative estimate of drug-likeness (QED) is 0.713. The molecule has 0 radical (unpaired) electrons. The Labute approximate surface area is 126 Å². The number of nitrogens with zero attached hydrogens (tertiary/aromatic N) is 2. The van der Waals surface area contributed by atoms with E-state index in [0.717, 1.165) is 24.1 Å². The lowest BCUT2D eigenvalue weighted by molar-refractivity contribution is 0.922. The molecule has 0 saturated heterocycles. The van der Waals surface area contributed by atoms with Crippen molar-refractivity contribution in [3.63, 3.8) is 0 Å². The first-order valence-corrected chi connectivity index (χ1v) is 7.33. The molecule has 2 aromatic carbocycles. The van der Waals surface area contributed by atoms with Crippen molar-refractivity contribution in [3.05, 3.63) is 71.9 Å². The topological polar surface area (TPSA) is 16.1 Å². The summed E-state index contributed by atoms with van der Waals surface area (Å²) in [7, 11) is 4.13. The number of para-hydroxylation sites is 1. The third-order valence-corrected chi connectivity index (χ3v) is 3.78. The van der Waals surface area contributed by atoms with Gasteiger partial charge in [-0.25, -0.2) is 0 Å². The van der Waals surface area contributed by atoms with Crippen LogP contribution in [-0.2, 0) is 12.8 Å². The minimum absolute atomic E-state index is 0.978. The first-order valence-electron chi connectivity index (χ1n) is 7.33. The molecule has 0 aliphatic carbocycles. The number of anilines is 1. The van der Waals surface area contributed by atoms with Crippen molar-refractivity contribution in [1.29, 1.82) is 0 Å². The summed E-state index contributed by atoms with van der Waals surface area (Å²) in [6, 6.07) is 21.3. The van der Waals surface area contributed by atoms with Crippen LogP contribution in [0.2, 0.25) is 0 Å². The summed E-state index contributed by atoms with van der Waals surface area (Å²) in [4.78, 5) is 6.85. The van der Waals surface area contributed by atoms with E-state index in [0.29, 0.717) is 0 Å². The minimum Gasteiger partial charge on any atom is -0.378 e. The van der Waals surface area contributed by atoms with Crippen molar-refractivity contribution in [1.82, 2.24) is 4.98 Å². The molecule has 3 rings (SSSR count). The van der Waals surface area contributed by atoms with Crippen molar-refractivity contribution in [2.75, 3.05) is 19.0 Å². The Balaban J connectivity index is 1.71. The molecule has 0 aliphatic heterocycles. The summed E-state index contributed by atoms with van der Waals surface area (Å²) in [5.74, 6) is 0. The summed E-state index contributed by atoms with van der Waals surface area (Å²) in [6.07, 6.45) is 2.01. The second-order valence-corrected chi connectivity index (χ2v) is 5.56. The van der Waals surface area contributed by atoms with Crippen LogP contribution < -0.4 is 4.90 Å². The maximum Gasteiger partial charge on any atom is 0.0705 e. The fraction of sp³-hybridized carbons (Fsp3) is 0.211. The SMILES string of the molecule is CN(C)c1ccc(CCc2ccc3ccccc3n2)cc1. The highest BCUT2D eigenvalue weighted by Crippen LogP contribution is 2.15. The average Bonchev–Trinajstić information content (AvgIpc) is 2.53. The minimum atomic E-state index is 0.978. The number of hydrogen-bond acceptors (Lipinski definition) is 2. The fourth-order valence-corrected chi connectivity index (χ4v) is 2.48. The number of pyridine rings is 1. The molecule has 0 N–H and O–H groups in total. The standard InChI is InChI=1S/C19H20N2/c1-21(2)18-13-8-15(9-14-18)7-11-17-12-10-16-5-3-4-6-19(16)20-17/h3-6,8-10,12-14H,7,11H2,1-2H3. The molecule has 0 aliphatic rings. The van der Waals surface area contributed by atoms with Gasteiger partial charge in [0.25, 0.3) is 0 Å². The molecule has 0 unspecified atom stereocenters. The van der Waals surface area contributed by atoms with Gasteiger partial charge in [0, 0.05) is 30.9 Å². The van der Waals surface area contributed by atoms with Crippen LogP contribution in [0.15, 0.2) is 60.7 Å². The maximum absolute atomic E-state index is 4.73. The Kier molecular flexibility index (Phi) is 3.87. The highest BCUT2D eigenvalue weighted by atomic mass is 15.1. The fourth-order valence-electron chi connectivity index (χ4n) is 2.48. The predicted octanol–water partition coefficient (Wildman–Crippen LogP) is 4.09. The number of aryl methyl sites for hydroxylation is 2. The number of hydrogen-bond donors (Lipinski definition) is 0. The highest BCUT2D eigenvalue weighted by molar-refractivity contribution is 5.78. The van der Waals surface area contributed by atoms with E-state index in [9.17, 15) is 0 Å². The van der Waals surface area contributed by atoms with Crippen LogP contribution in [0.3, 0.4) is 0 Å². The molecule has 2 heteroatoms. The van der Waals surface area contributed by atoms with Gasteiger partial charge in [-0.05, 0) is 42.7 Å². The normalized spacial score (nSPS) is 10.8. The van der Waals surface area contributed by atoms with Crippen LogP contribution in [0, 0.1) is 0 Å². The second-order valence-electron chi connectivity index (χ2n) is 5.56. The highest BCUT2D eigenvalue weighted by Gasteiger charge is 2.00. The molecule has 0 atom stereocenters. The van der Waals surface area contributed by atoms with Crippen LogP contribution in [0.1, 0.15) is 11.3 Å². The van der Waals surface area contributed by atoms with Crippen molar-refractivity contribution < 1.29 is 0 Å². The first-order chi connectivity index (χ1) is 10.2. The molecule has 1 aromatic heterocycles. The van der Waals surface area contributed by atoms with E-state index >= 15 is 0 Å². The third-order valence-electron chi connectivity index (χ3n) is 3.78. The van der Waals surface area contributed by atoms with Gasteiger partial charge in [-0.1, -0.05) is 36.4 Å². The van der Waals surface area contributed by atoms with Gasteiger partial charge in [0.2, 0.25) is 0 Å². The van der Waals surface area contributed by atoms with Gasteiger partial charge >= 0.3 is 0 Å². The van der Waals surface area contributed by atoms with E-state index < -0.39 is 0 Å². The molecule has 21 heavy (non-hydrogen) atoms. The molecular weight excluding hydrogens is 256 g/mol. The largest absolute Gasteiger partial charge is 0.378 e. The van der Waals surface area contributed by atoms with Crippen molar-refractivity contribution in [3.8, 4) is 0 Å². The lowest BCUT2D eigenvalue weighted by atomic mass is 10.1. The predicted molar refractivity (Wildman–Crippen MR) is 89.9 cm³/mol. The average molecular weight is 276 g/mol. The van der Waals surface area contributed by atoms with Crippen molar-refractivity contribution in [2.45, 2.75) is 12.8 Å². The Morgan fingerprint density at radius 1 is 0.810 bits per heavy atom. The Morgan fingerprint density at radius 2 is 1.57 bits per heavy atom. The number of benzene rings is 2. The van der Waals surface area contributed by atoms with Crippen LogP contribution in [0.5, 0.6) is 0 Å². The lowest BCUT2D eigenvalue weighted by Crippen LogP contribution is -2.08. The molecule has 0 saturated carbocycles. The molecule has 0 bridgehead atoms. The zero-order valence-electron chi connectivity index (χ0n) is 12.6. The van der Waals surface area contributed by atoms with E-state index in [-0.39, 0.29) is 0 Å². The number of fused-ring (bicyclic) bond motifs is 1. The van der Waals surface area contributed by atoms with Crippen LogP contribution in [-0.4, -0.2) is 19.1 Å². The molecule has 106 valence electrons. The van der Waals surface area contributed by atoms with Crippen LogP contribution >= 0.6 is 0 Å². The van der Waals surface area contributed by atoms with Gasteiger partial charge in [-0.15, -0.1) is 0 Å². The smallest absolute Gasteiger partial charge is 0.0705 e. The lowest BCUT2D eigenvalue weighted by Gasteiger charge is -2.12. The van der Waals surface area contributed by atoms with Gasteiger partial charge in [-0.2, -0.15) is 0 Å². The summed E-state index contributed by atoms with van der Waals surface area (Å²) >= 11 is 0. The first kappa shape index (κ1) is 13.6. The summed E-state index contributed by atoms with van der Waals surface area (Å²) in [6.45, 7) is 0. The number of aromatic nitrogens is 1. The zero-order chi connectivity index (χ0) is 14.7. The molecule has 2 nitrogen and oxygen atoms in total. The second kappa shape index (κ2) is 5.96. The Bertz CT molecular complexity index is 730. The van der Waals surface area contributed by atoms with Gasteiger partial charge in [0.05, 0.1) is 5.52 Å². The molecular formula is C19H20N2. The maximum atomic E-state index is 4.73. The molecule has 3 aromatic rings. The van der Waals surface area contributed by atoms with E-state index in [4.69, 9.17) is 4.98 Å². The molecule has 1 heterocycles. The summed E-state index contributed by atoms with van der Waals surface area (Å²) in [5.41, 5.74) is 4.83. The van der Waals surface area contributed by atoms with Gasteiger partial charge in [0.1, 0.15) is 0 Å². The number of rotatable bonds is 4. The molecule has 0 spiro atoms. The van der Waals surface area contributed by atoms with E-state index in [1.165, 1.54) is 16.6 Å². The van der Waals surface area contributed by atoms with E-state index in [2.05, 4.69) is 73.6 Å². The Hall–Kier alpha value is -2.35. The molecule has 0 amide bonds. The van der Waals surface area contributed by atoms with Crippen molar-refractivity contribution in [2.24, 2.45) is 0 Å². The van der Waals surface area contributed by atoms with Crippen LogP contribution in [0.4, 0.5) is 5.69 Å². The van der Waals surface area contributed by atoms with E-state index in [1.54, 1.807) is 0 Å². The van der Waals surface area contributed by atoms with Gasteiger partial charge in [0.15, 0.2) is 0 Å². The van der Waals surface area contributed by atoms with E-state index in [1.807, 2.05) is 6.07 Å². The third kappa shape index (κ3) is 3.22. The van der Waals surface area contributed by atoms with Crippen LogP contribution in [0.25, 0.3) is 10.9 Å². The monoisotopic (exact) mass is 276 g/mol. The zero-order valence-corrected chi connectivity index (χ0v) is 12.6. The van der Waals surface area contributed by atoms with Gasteiger partial charge < -0.3 is 4.90 Å². The van der Waals surface area contributed by atoms with Crippen molar-refractivity contribution >= 4 is 16.6 Å². The summed E-state index contributed by atoms with van der Waals surface area (Å²) in [5, 5.41) is 1.21. The molecule has 0 fully saturated rings. The Morgan fingerprint density at radius 3 is 2.33 bits per heavy atom. The summed E-state index contributed by atoms with van der Waals surface area (Å²) < 4.78 is 0.